The molecule has 3 heteroatoms. The molecule has 0 aliphatic heterocycles. The molecule has 0 bridgehead atoms. The minimum atomic E-state index is 0.901. The van der Waals surface area contributed by atoms with E-state index in [2.05, 4.69) is 132 Å². The molecule has 0 saturated heterocycles. The lowest BCUT2D eigenvalue weighted by Crippen LogP contribution is -2.09. The highest BCUT2D eigenvalue weighted by atomic mass is 32.1. The smallest absolute Gasteiger partial charge is 0.135 e. The van der Waals surface area contributed by atoms with E-state index in [9.17, 15) is 0 Å². The maximum Gasteiger partial charge on any atom is 0.135 e. The van der Waals surface area contributed by atoms with E-state index in [1.54, 1.807) is 0 Å². The second-order valence-corrected chi connectivity index (χ2v) is 10.9. The number of para-hydroxylation sites is 1. The van der Waals surface area contributed by atoms with Crippen molar-refractivity contribution in [3.05, 3.63) is 140 Å². The molecule has 0 radical (unpaired) electrons. The van der Waals surface area contributed by atoms with Gasteiger partial charge in [0.1, 0.15) is 11.2 Å². The van der Waals surface area contributed by atoms with Crippen molar-refractivity contribution in [2.75, 3.05) is 4.90 Å². The highest BCUT2D eigenvalue weighted by Crippen LogP contribution is 2.42. The van der Waals surface area contributed by atoms with E-state index in [0.717, 1.165) is 39.0 Å². The van der Waals surface area contributed by atoms with Crippen LogP contribution < -0.4 is 4.90 Å². The normalized spacial score (nSPS) is 11.6. The lowest BCUT2D eigenvalue weighted by Gasteiger charge is -2.26. The minimum absolute atomic E-state index is 0.901. The number of hydrogen-bond acceptors (Lipinski definition) is 3. The summed E-state index contributed by atoms with van der Waals surface area (Å²) in [6.45, 7) is 0. The van der Waals surface area contributed by atoms with Crippen LogP contribution in [-0.4, -0.2) is 0 Å². The molecule has 6 aromatic carbocycles. The van der Waals surface area contributed by atoms with Gasteiger partial charge < -0.3 is 9.32 Å². The van der Waals surface area contributed by atoms with Crippen LogP contribution in [0.1, 0.15) is 0 Å². The average molecular weight is 518 g/mol. The van der Waals surface area contributed by atoms with Gasteiger partial charge in [0, 0.05) is 48.0 Å². The van der Waals surface area contributed by atoms with Crippen LogP contribution in [0.25, 0.3) is 53.2 Å². The van der Waals surface area contributed by atoms with Crippen molar-refractivity contribution < 1.29 is 4.42 Å². The van der Waals surface area contributed by atoms with Crippen molar-refractivity contribution in [2.45, 2.75) is 0 Å². The third-order valence-electron chi connectivity index (χ3n) is 7.47. The van der Waals surface area contributed by atoms with Gasteiger partial charge in [0.15, 0.2) is 0 Å². The molecule has 0 aliphatic rings. The van der Waals surface area contributed by atoms with Crippen LogP contribution in [0.15, 0.2) is 144 Å². The Labute approximate surface area is 230 Å². The number of nitrogens with zero attached hydrogens (tertiary/aromatic N) is 1. The molecule has 2 nitrogen and oxygen atoms in total. The lowest BCUT2D eigenvalue weighted by molar-refractivity contribution is 0.669. The number of hydrogen-bond donors (Lipinski definition) is 0. The van der Waals surface area contributed by atoms with Gasteiger partial charge in [-0.2, -0.15) is 0 Å². The molecule has 184 valence electrons. The Kier molecular flexibility index (Phi) is 5.04. The topological polar surface area (TPSA) is 16.4 Å². The standard InChI is InChI=1S/C36H23NOS/c1-2-8-24(9-3-1)25-14-16-26(17-15-25)37(27-18-20-34-31(22-27)29-10-4-6-12-33(29)38-34)28-19-21-36-32(23-28)30-11-5-7-13-35(30)39-36/h1-23H. The molecule has 2 heterocycles. The van der Waals surface area contributed by atoms with Gasteiger partial charge >= 0.3 is 0 Å². The van der Waals surface area contributed by atoms with E-state index < -0.39 is 0 Å². The Morgan fingerprint density at radius 1 is 0.410 bits per heavy atom. The molecular formula is C36H23NOS. The van der Waals surface area contributed by atoms with E-state index in [4.69, 9.17) is 4.42 Å². The van der Waals surface area contributed by atoms with Gasteiger partial charge in [-0.25, -0.2) is 0 Å². The SMILES string of the molecule is c1ccc(-c2ccc(N(c3ccc4oc5ccccc5c4c3)c3ccc4sc5ccccc5c4c3)cc2)cc1. The second kappa shape index (κ2) is 8.87. The number of benzene rings is 6. The number of rotatable bonds is 4. The van der Waals surface area contributed by atoms with Crippen molar-refractivity contribution in [1.82, 2.24) is 0 Å². The maximum absolute atomic E-state index is 6.14. The van der Waals surface area contributed by atoms with Crippen LogP contribution >= 0.6 is 11.3 Å². The summed E-state index contributed by atoms with van der Waals surface area (Å²) < 4.78 is 8.76. The summed E-state index contributed by atoms with van der Waals surface area (Å²) in [7, 11) is 0. The zero-order valence-corrected chi connectivity index (χ0v) is 21.9. The first-order valence-electron chi connectivity index (χ1n) is 13.1. The predicted molar refractivity (Wildman–Crippen MR) is 167 cm³/mol. The number of fused-ring (bicyclic) bond motifs is 6. The fraction of sp³-hybridized carbons (Fsp3) is 0. The Morgan fingerprint density at radius 2 is 1.00 bits per heavy atom. The van der Waals surface area contributed by atoms with E-state index in [-0.39, 0.29) is 0 Å². The van der Waals surface area contributed by atoms with Crippen molar-refractivity contribution in [3.8, 4) is 11.1 Å². The molecule has 0 aliphatic carbocycles. The van der Waals surface area contributed by atoms with Gasteiger partial charge in [-0.05, 0) is 71.8 Å². The van der Waals surface area contributed by atoms with Crippen molar-refractivity contribution in [2.24, 2.45) is 0 Å². The van der Waals surface area contributed by atoms with Gasteiger partial charge in [-0.15, -0.1) is 11.3 Å². The van der Waals surface area contributed by atoms with E-state index in [1.165, 1.54) is 31.3 Å². The molecule has 8 aromatic rings. The quantitative estimate of drug-likeness (QED) is 0.231. The molecule has 0 spiro atoms. The minimum Gasteiger partial charge on any atom is -0.456 e. The van der Waals surface area contributed by atoms with Crippen molar-refractivity contribution >= 4 is 70.5 Å². The highest BCUT2D eigenvalue weighted by molar-refractivity contribution is 7.25. The Hall–Kier alpha value is -4.86. The van der Waals surface area contributed by atoms with E-state index in [0.29, 0.717) is 0 Å². The van der Waals surface area contributed by atoms with Crippen LogP contribution in [-0.2, 0) is 0 Å². The monoisotopic (exact) mass is 517 g/mol. The molecule has 39 heavy (non-hydrogen) atoms. The Bertz CT molecular complexity index is 2010. The molecule has 2 aromatic heterocycles. The van der Waals surface area contributed by atoms with Gasteiger partial charge in [-0.1, -0.05) is 78.9 Å². The van der Waals surface area contributed by atoms with Gasteiger partial charge in [0.25, 0.3) is 0 Å². The molecule has 0 amide bonds. The predicted octanol–water partition coefficient (Wildman–Crippen LogP) is 11.1. The number of thiophene rings is 1. The molecule has 0 atom stereocenters. The van der Waals surface area contributed by atoms with Crippen LogP contribution in [0.2, 0.25) is 0 Å². The first kappa shape index (κ1) is 22.2. The van der Waals surface area contributed by atoms with Gasteiger partial charge in [0.2, 0.25) is 0 Å². The number of anilines is 3. The lowest BCUT2D eigenvalue weighted by atomic mass is 10.0. The van der Waals surface area contributed by atoms with Crippen molar-refractivity contribution in [1.29, 1.82) is 0 Å². The fourth-order valence-corrected chi connectivity index (χ4v) is 6.67. The summed E-state index contributed by atoms with van der Waals surface area (Å²) >= 11 is 1.85. The first-order valence-corrected chi connectivity index (χ1v) is 13.9. The summed E-state index contributed by atoms with van der Waals surface area (Å²) in [5, 5.41) is 4.84. The molecular weight excluding hydrogens is 494 g/mol. The molecule has 0 unspecified atom stereocenters. The summed E-state index contributed by atoms with van der Waals surface area (Å²) in [5.41, 5.74) is 7.57. The maximum atomic E-state index is 6.14. The number of furan rings is 1. The van der Waals surface area contributed by atoms with Crippen LogP contribution in [0.3, 0.4) is 0 Å². The summed E-state index contributed by atoms with van der Waals surface area (Å²) in [4.78, 5) is 2.35. The third-order valence-corrected chi connectivity index (χ3v) is 8.62. The van der Waals surface area contributed by atoms with E-state index in [1.807, 2.05) is 23.5 Å². The van der Waals surface area contributed by atoms with E-state index >= 15 is 0 Å². The fourth-order valence-electron chi connectivity index (χ4n) is 5.59. The molecule has 0 saturated carbocycles. The zero-order chi connectivity index (χ0) is 25.8. The molecule has 8 rings (SSSR count). The molecule has 0 N–H and O–H groups in total. The summed E-state index contributed by atoms with van der Waals surface area (Å²) in [6, 6.07) is 49.6. The molecule has 0 fully saturated rings. The second-order valence-electron chi connectivity index (χ2n) is 9.81. The Morgan fingerprint density at radius 3 is 1.85 bits per heavy atom. The van der Waals surface area contributed by atoms with Crippen LogP contribution in [0.4, 0.5) is 17.1 Å². The van der Waals surface area contributed by atoms with Crippen LogP contribution in [0.5, 0.6) is 0 Å². The van der Waals surface area contributed by atoms with Crippen molar-refractivity contribution in [3.63, 3.8) is 0 Å². The summed E-state index contributed by atoms with van der Waals surface area (Å²) in [5.74, 6) is 0. The van der Waals surface area contributed by atoms with Gasteiger partial charge in [-0.3, -0.25) is 0 Å². The van der Waals surface area contributed by atoms with Gasteiger partial charge in [0.05, 0.1) is 0 Å². The van der Waals surface area contributed by atoms with Crippen LogP contribution in [0, 0.1) is 0 Å². The Balaban J connectivity index is 1.33. The largest absolute Gasteiger partial charge is 0.456 e. The highest BCUT2D eigenvalue weighted by Gasteiger charge is 2.17. The first-order chi connectivity index (χ1) is 19.3. The summed E-state index contributed by atoms with van der Waals surface area (Å²) in [6.07, 6.45) is 0. The third kappa shape index (κ3) is 3.70. The average Bonchev–Trinajstić information content (AvgIpc) is 3.56. The zero-order valence-electron chi connectivity index (χ0n) is 21.0.